The molecule has 0 unspecified atom stereocenters. The molecule has 3 nitrogen and oxygen atoms in total. The van der Waals surface area contributed by atoms with Crippen molar-refractivity contribution in [2.45, 2.75) is 0 Å². The summed E-state index contributed by atoms with van der Waals surface area (Å²) in [7, 11) is 1.55. The molecule has 0 aromatic carbocycles. The maximum atomic E-state index is 10.9. The van der Waals surface area contributed by atoms with Gasteiger partial charge in [-0.05, 0) is 6.07 Å². The normalized spacial score (nSPS) is 9.27. The first-order valence-corrected chi connectivity index (χ1v) is 3.37. The predicted octanol–water partition coefficient (Wildman–Crippen LogP) is 0.895. The number of hydrogen-bond acceptors (Lipinski definition) is 2. The zero-order chi connectivity index (χ0) is 8.27. The average molecular weight is 170 g/mol. The third-order valence-corrected chi connectivity index (χ3v) is 1.34. The zero-order valence-electron chi connectivity index (χ0n) is 5.89. The standard InChI is InChI=1S/C7H6ClN2O/c1-9-7(11)5-2-6(8)4-10-3-5/h2-3H,1H3,(H,9,11). The molecule has 1 amide bonds. The van der Waals surface area contributed by atoms with Crippen LogP contribution >= 0.6 is 11.6 Å². The van der Waals surface area contributed by atoms with Gasteiger partial charge in [0.2, 0.25) is 0 Å². The molecule has 1 aromatic heterocycles. The summed E-state index contributed by atoms with van der Waals surface area (Å²) in [6.07, 6.45) is 3.89. The van der Waals surface area contributed by atoms with Crippen molar-refractivity contribution in [1.29, 1.82) is 0 Å². The number of carbonyl (C=O) groups excluding carboxylic acids is 1. The minimum absolute atomic E-state index is 0.201. The van der Waals surface area contributed by atoms with E-state index in [9.17, 15) is 4.79 Å². The number of hydrogen-bond donors (Lipinski definition) is 1. The van der Waals surface area contributed by atoms with E-state index in [1.807, 2.05) is 0 Å². The number of halogens is 1. The molecule has 11 heavy (non-hydrogen) atoms. The highest BCUT2D eigenvalue weighted by molar-refractivity contribution is 6.30. The van der Waals surface area contributed by atoms with Crippen LogP contribution in [0.5, 0.6) is 0 Å². The lowest BCUT2D eigenvalue weighted by molar-refractivity contribution is 0.0962. The molecule has 1 radical (unpaired) electrons. The monoisotopic (exact) mass is 169 g/mol. The van der Waals surface area contributed by atoms with E-state index in [-0.39, 0.29) is 5.91 Å². The Morgan fingerprint density at radius 1 is 1.82 bits per heavy atom. The molecule has 0 saturated heterocycles. The van der Waals surface area contributed by atoms with E-state index in [0.717, 1.165) is 0 Å². The number of nitrogens with one attached hydrogen (secondary N) is 1. The summed E-state index contributed by atoms with van der Waals surface area (Å²) in [6, 6.07) is 1.51. The van der Waals surface area contributed by atoms with Gasteiger partial charge < -0.3 is 5.32 Å². The van der Waals surface area contributed by atoms with Crippen molar-refractivity contribution in [3.63, 3.8) is 0 Å². The van der Waals surface area contributed by atoms with Crippen molar-refractivity contribution in [1.82, 2.24) is 10.3 Å². The van der Waals surface area contributed by atoms with Crippen molar-refractivity contribution >= 4 is 17.5 Å². The van der Waals surface area contributed by atoms with Gasteiger partial charge >= 0.3 is 0 Å². The smallest absolute Gasteiger partial charge is 0.252 e. The SMILES string of the molecule is CNC(=O)c1cn[c]c(Cl)c1. The van der Waals surface area contributed by atoms with Crippen LogP contribution in [0.15, 0.2) is 12.3 Å². The van der Waals surface area contributed by atoms with Gasteiger partial charge in [-0.3, -0.25) is 9.78 Å². The minimum atomic E-state index is -0.201. The molecule has 0 aliphatic heterocycles. The Labute approximate surface area is 69.4 Å². The van der Waals surface area contributed by atoms with Crippen LogP contribution in [0, 0.1) is 6.20 Å². The molecule has 57 valence electrons. The van der Waals surface area contributed by atoms with Crippen LogP contribution < -0.4 is 5.32 Å². The van der Waals surface area contributed by atoms with Crippen LogP contribution in [-0.2, 0) is 0 Å². The highest BCUT2D eigenvalue weighted by atomic mass is 35.5. The summed E-state index contributed by atoms with van der Waals surface area (Å²) >= 11 is 5.55. The average Bonchev–Trinajstić information content (AvgIpc) is 2.03. The largest absolute Gasteiger partial charge is 0.355 e. The molecule has 4 heteroatoms. The fourth-order valence-corrected chi connectivity index (χ4v) is 0.804. The van der Waals surface area contributed by atoms with Crippen molar-refractivity contribution < 1.29 is 4.79 Å². The number of pyridine rings is 1. The fourth-order valence-electron chi connectivity index (χ4n) is 0.638. The van der Waals surface area contributed by atoms with Crippen molar-refractivity contribution in [3.05, 3.63) is 29.0 Å². The molecule has 0 bridgehead atoms. The van der Waals surface area contributed by atoms with Gasteiger partial charge in [0.15, 0.2) is 0 Å². The second kappa shape index (κ2) is 3.34. The van der Waals surface area contributed by atoms with Crippen LogP contribution in [0.1, 0.15) is 10.4 Å². The highest BCUT2D eigenvalue weighted by Gasteiger charge is 2.02. The molecule has 0 aliphatic carbocycles. The first-order valence-electron chi connectivity index (χ1n) is 2.99. The summed E-state index contributed by atoms with van der Waals surface area (Å²) in [5.41, 5.74) is 0.441. The van der Waals surface area contributed by atoms with E-state index in [2.05, 4.69) is 16.5 Å². The summed E-state index contributed by atoms with van der Waals surface area (Å²) in [6.45, 7) is 0. The number of amides is 1. The van der Waals surface area contributed by atoms with E-state index < -0.39 is 0 Å². The van der Waals surface area contributed by atoms with E-state index in [1.54, 1.807) is 7.05 Å². The van der Waals surface area contributed by atoms with Gasteiger partial charge in [0.05, 0.1) is 10.6 Å². The molecular formula is C7H6ClN2O. The third-order valence-electron chi connectivity index (χ3n) is 1.15. The Kier molecular flexibility index (Phi) is 2.44. The Bertz CT molecular complexity index is 275. The Morgan fingerprint density at radius 3 is 3.09 bits per heavy atom. The number of aromatic nitrogens is 1. The fraction of sp³-hybridized carbons (Fsp3) is 0.143. The third kappa shape index (κ3) is 1.91. The van der Waals surface area contributed by atoms with E-state index in [4.69, 9.17) is 11.6 Å². The quantitative estimate of drug-likeness (QED) is 0.679. The number of rotatable bonds is 1. The summed E-state index contributed by atoms with van der Waals surface area (Å²) in [4.78, 5) is 14.6. The van der Waals surface area contributed by atoms with E-state index in [0.29, 0.717) is 10.6 Å². The predicted molar refractivity (Wildman–Crippen MR) is 41.5 cm³/mol. The zero-order valence-corrected chi connectivity index (χ0v) is 6.64. The van der Waals surface area contributed by atoms with Crippen molar-refractivity contribution in [3.8, 4) is 0 Å². The first-order chi connectivity index (χ1) is 5.24. The first kappa shape index (κ1) is 8.01. The number of nitrogens with zero attached hydrogens (tertiary/aromatic N) is 1. The highest BCUT2D eigenvalue weighted by Crippen LogP contribution is 2.06. The van der Waals surface area contributed by atoms with Crippen LogP contribution in [-0.4, -0.2) is 17.9 Å². The van der Waals surface area contributed by atoms with Crippen LogP contribution in [0.2, 0.25) is 5.02 Å². The molecular weight excluding hydrogens is 164 g/mol. The van der Waals surface area contributed by atoms with Crippen LogP contribution in [0.3, 0.4) is 0 Å². The molecule has 0 aliphatic rings. The Balaban J connectivity index is 2.96. The van der Waals surface area contributed by atoms with Gasteiger partial charge in [-0.1, -0.05) is 11.6 Å². The van der Waals surface area contributed by atoms with Gasteiger partial charge in [-0.15, -0.1) is 0 Å². The Hall–Kier alpha value is -1.09. The topological polar surface area (TPSA) is 42.0 Å². The summed E-state index contributed by atoms with van der Waals surface area (Å²) < 4.78 is 0. The molecule has 1 rings (SSSR count). The molecule has 0 spiro atoms. The van der Waals surface area contributed by atoms with Crippen LogP contribution in [0.4, 0.5) is 0 Å². The summed E-state index contributed by atoms with van der Waals surface area (Å²) in [5, 5.41) is 2.80. The molecule has 0 saturated carbocycles. The number of carbonyl (C=O) groups is 1. The van der Waals surface area contributed by atoms with Crippen molar-refractivity contribution in [2.24, 2.45) is 0 Å². The van der Waals surface area contributed by atoms with Crippen LogP contribution in [0.25, 0.3) is 0 Å². The van der Waals surface area contributed by atoms with Gasteiger partial charge in [-0.25, -0.2) is 0 Å². The maximum absolute atomic E-state index is 10.9. The lowest BCUT2D eigenvalue weighted by atomic mass is 10.3. The van der Waals surface area contributed by atoms with Gasteiger partial charge in [-0.2, -0.15) is 0 Å². The molecule has 1 aromatic rings. The van der Waals surface area contributed by atoms with Gasteiger partial charge in [0, 0.05) is 13.2 Å². The Morgan fingerprint density at radius 2 is 2.55 bits per heavy atom. The van der Waals surface area contributed by atoms with Crippen molar-refractivity contribution in [2.75, 3.05) is 7.05 Å². The lowest BCUT2D eigenvalue weighted by Gasteiger charge is -1.97. The minimum Gasteiger partial charge on any atom is -0.355 e. The van der Waals surface area contributed by atoms with E-state index in [1.165, 1.54) is 12.3 Å². The molecule has 1 heterocycles. The molecule has 0 atom stereocenters. The second-order valence-electron chi connectivity index (χ2n) is 1.90. The van der Waals surface area contributed by atoms with Gasteiger partial charge in [0.25, 0.3) is 5.91 Å². The maximum Gasteiger partial charge on any atom is 0.252 e. The molecule has 0 fully saturated rings. The summed E-state index contributed by atoms with van der Waals surface area (Å²) in [5.74, 6) is -0.201. The van der Waals surface area contributed by atoms with Gasteiger partial charge in [0.1, 0.15) is 6.20 Å². The lowest BCUT2D eigenvalue weighted by Crippen LogP contribution is -2.17. The molecule has 1 N–H and O–H groups in total. The second-order valence-corrected chi connectivity index (χ2v) is 2.30. The van der Waals surface area contributed by atoms with E-state index >= 15 is 0 Å².